The van der Waals surface area contributed by atoms with Crippen LogP contribution in [-0.4, -0.2) is 52.3 Å². The van der Waals surface area contributed by atoms with Crippen LogP contribution in [0.4, 0.5) is 11.4 Å². The van der Waals surface area contributed by atoms with E-state index in [2.05, 4.69) is 15.5 Å². The van der Waals surface area contributed by atoms with Crippen LogP contribution in [0.1, 0.15) is 40.0 Å². The number of nitrogens with zero attached hydrogens (tertiary/aromatic N) is 1. The third-order valence-electron chi connectivity index (χ3n) is 5.11. The molecule has 0 atom stereocenters. The fraction of sp³-hybridized carbons (Fsp3) is 0.391. The van der Waals surface area contributed by atoms with E-state index in [-0.39, 0.29) is 11.8 Å². The van der Waals surface area contributed by atoms with E-state index in [9.17, 15) is 9.59 Å². The summed E-state index contributed by atoms with van der Waals surface area (Å²) >= 11 is 0. The fourth-order valence-corrected chi connectivity index (χ4v) is 3.57. The number of para-hydroxylation sites is 1. The van der Waals surface area contributed by atoms with Crippen molar-refractivity contribution in [2.24, 2.45) is 0 Å². The number of hydrogen-bond donors (Lipinski definition) is 2. The Hall–Kier alpha value is -3.06. The lowest BCUT2D eigenvalue weighted by Crippen LogP contribution is -2.29. The van der Waals surface area contributed by atoms with Gasteiger partial charge in [-0.25, -0.2) is 0 Å². The minimum atomic E-state index is -0.284. The second-order valence-electron chi connectivity index (χ2n) is 7.18. The molecule has 0 aliphatic carbocycles. The zero-order valence-corrected chi connectivity index (χ0v) is 17.6. The number of carbonyl (C=O) groups is 2. The topological polar surface area (TPSA) is 79.9 Å². The predicted octanol–water partition coefficient (Wildman–Crippen LogP) is 3.31. The van der Waals surface area contributed by atoms with Gasteiger partial charge >= 0.3 is 0 Å². The Balaban J connectivity index is 1.81. The monoisotopic (exact) mass is 411 g/mol. The summed E-state index contributed by atoms with van der Waals surface area (Å²) in [6.45, 7) is 2.98. The second-order valence-corrected chi connectivity index (χ2v) is 7.18. The van der Waals surface area contributed by atoms with Crippen LogP contribution in [0.25, 0.3) is 0 Å². The summed E-state index contributed by atoms with van der Waals surface area (Å²) in [4.78, 5) is 27.8. The van der Waals surface area contributed by atoms with Gasteiger partial charge in [0.2, 0.25) is 0 Å². The summed E-state index contributed by atoms with van der Waals surface area (Å²) in [6, 6.07) is 12.5. The lowest BCUT2D eigenvalue weighted by molar-refractivity contribution is 0.0947. The van der Waals surface area contributed by atoms with E-state index in [1.165, 1.54) is 7.11 Å². The Morgan fingerprint density at radius 3 is 2.50 bits per heavy atom. The molecule has 0 radical (unpaired) electrons. The number of carbonyl (C=O) groups excluding carboxylic acids is 2. The van der Waals surface area contributed by atoms with E-state index in [1.807, 2.05) is 18.2 Å². The highest BCUT2D eigenvalue weighted by Crippen LogP contribution is 2.28. The van der Waals surface area contributed by atoms with Crippen molar-refractivity contribution >= 4 is 23.2 Å². The van der Waals surface area contributed by atoms with Gasteiger partial charge in [0.05, 0.1) is 18.2 Å². The summed E-state index contributed by atoms with van der Waals surface area (Å²) in [7, 11) is 3.17. The third-order valence-corrected chi connectivity index (χ3v) is 5.11. The molecule has 160 valence electrons. The number of amides is 2. The van der Waals surface area contributed by atoms with Crippen molar-refractivity contribution in [3.05, 3.63) is 53.6 Å². The minimum Gasteiger partial charge on any atom is -0.496 e. The van der Waals surface area contributed by atoms with Gasteiger partial charge < -0.3 is 25.0 Å². The molecular formula is C23H29N3O4. The molecule has 1 fully saturated rings. The molecule has 7 heteroatoms. The average molecular weight is 412 g/mol. The first kappa shape index (κ1) is 21.6. The highest BCUT2D eigenvalue weighted by Gasteiger charge is 2.21. The average Bonchev–Trinajstić information content (AvgIpc) is 3.31. The van der Waals surface area contributed by atoms with E-state index in [0.717, 1.165) is 38.0 Å². The van der Waals surface area contributed by atoms with E-state index in [0.29, 0.717) is 35.7 Å². The van der Waals surface area contributed by atoms with E-state index in [1.54, 1.807) is 31.4 Å². The van der Waals surface area contributed by atoms with Crippen molar-refractivity contribution in [2.75, 3.05) is 50.7 Å². The molecule has 1 aliphatic heterocycles. The van der Waals surface area contributed by atoms with Crippen molar-refractivity contribution in [1.29, 1.82) is 0 Å². The van der Waals surface area contributed by atoms with Gasteiger partial charge in [-0.3, -0.25) is 9.59 Å². The third kappa shape index (κ3) is 5.30. The lowest BCUT2D eigenvalue weighted by atomic mass is 10.1. The summed E-state index contributed by atoms with van der Waals surface area (Å²) < 4.78 is 10.3. The Morgan fingerprint density at radius 1 is 1.00 bits per heavy atom. The number of nitrogens with one attached hydrogen (secondary N) is 2. The summed E-state index contributed by atoms with van der Waals surface area (Å²) in [5.74, 6) is 0.0639. The SMILES string of the molecule is COCCCNC(=O)c1cc(NC(=O)c2ccccc2OC)ccc1N1CCCC1. The van der Waals surface area contributed by atoms with Gasteiger partial charge in [-0.05, 0) is 49.6 Å². The van der Waals surface area contributed by atoms with Crippen LogP contribution in [0.5, 0.6) is 5.75 Å². The van der Waals surface area contributed by atoms with Crippen LogP contribution in [0.2, 0.25) is 0 Å². The fourth-order valence-electron chi connectivity index (χ4n) is 3.57. The molecule has 2 N–H and O–H groups in total. The Morgan fingerprint density at radius 2 is 1.77 bits per heavy atom. The summed E-state index contributed by atoms with van der Waals surface area (Å²) in [5, 5.41) is 5.83. The molecule has 0 aromatic heterocycles. The van der Waals surface area contributed by atoms with Crippen molar-refractivity contribution in [3.63, 3.8) is 0 Å². The van der Waals surface area contributed by atoms with Crippen LogP contribution >= 0.6 is 0 Å². The molecule has 30 heavy (non-hydrogen) atoms. The molecule has 7 nitrogen and oxygen atoms in total. The molecule has 1 aliphatic rings. The van der Waals surface area contributed by atoms with Gasteiger partial charge in [0.1, 0.15) is 5.75 Å². The summed E-state index contributed by atoms with van der Waals surface area (Å²) in [6.07, 6.45) is 2.97. The molecule has 2 aromatic carbocycles. The quantitative estimate of drug-likeness (QED) is 0.619. The van der Waals surface area contributed by atoms with Crippen molar-refractivity contribution in [2.45, 2.75) is 19.3 Å². The molecule has 3 rings (SSSR count). The van der Waals surface area contributed by atoms with E-state index >= 15 is 0 Å². The van der Waals surface area contributed by atoms with Crippen molar-refractivity contribution in [3.8, 4) is 5.75 Å². The maximum Gasteiger partial charge on any atom is 0.259 e. The van der Waals surface area contributed by atoms with E-state index < -0.39 is 0 Å². The molecule has 2 aromatic rings. The van der Waals surface area contributed by atoms with Gasteiger partial charge in [0.15, 0.2) is 0 Å². The first-order valence-electron chi connectivity index (χ1n) is 10.2. The molecule has 1 saturated heterocycles. The number of ether oxygens (including phenoxy) is 2. The Bertz CT molecular complexity index is 879. The van der Waals surface area contributed by atoms with Gasteiger partial charge in [-0.1, -0.05) is 12.1 Å². The number of benzene rings is 2. The number of methoxy groups -OCH3 is 2. The minimum absolute atomic E-state index is 0.151. The maximum absolute atomic E-state index is 12.9. The Kier molecular flexibility index (Phi) is 7.68. The second kappa shape index (κ2) is 10.6. The number of anilines is 2. The van der Waals surface area contributed by atoms with Crippen molar-refractivity contribution in [1.82, 2.24) is 5.32 Å². The number of hydrogen-bond acceptors (Lipinski definition) is 5. The Labute approximate surface area is 177 Å². The first-order valence-corrected chi connectivity index (χ1v) is 10.2. The maximum atomic E-state index is 12.9. The smallest absolute Gasteiger partial charge is 0.259 e. The molecule has 2 amide bonds. The molecule has 1 heterocycles. The zero-order valence-electron chi connectivity index (χ0n) is 17.6. The van der Waals surface area contributed by atoms with Gasteiger partial charge in [0, 0.05) is 44.7 Å². The van der Waals surface area contributed by atoms with Crippen LogP contribution in [0.15, 0.2) is 42.5 Å². The molecule has 0 bridgehead atoms. The van der Waals surface area contributed by atoms with Crippen LogP contribution in [-0.2, 0) is 4.74 Å². The normalized spacial score (nSPS) is 13.2. The van der Waals surface area contributed by atoms with Crippen LogP contribution < -0.4 is 20.3 Å². The molecule has 0 saturated carbocycles. The standard InChI is InChI=1S/C23H29N3O4/c1-29-15-7-12-24-22(27)19-16-17(10-11-20(19)26-13-5-6-14-26)25-23(28)18-8-3-4-9-21(18)30-2/h3-4,8-11,16H,5-7,12-15H2,1-2H3,(H,24,27)(H,25,28). The van der Waals surface area contributed by atoms with Gasteiger partial charge in [-0.15, -0.1) is 0 Å². The highest BCUT2D eigenvalue weighted by molar-refractivity contribution is 6.07. The van der Waals surface area contributed by atoms with Crippen molar-refractivity contribution < 1.29 is 19.1 Å². The van der Waals surface area contributed by atoms with Crippen LogP contribution in [0, 0.1) is 0 Å². The first-order chi connectivity index (χ1) is 14.6. The predicted molar refractivity (Wildman–Crippen MR) is 118 cm³/mol. The number of rotatable bonds is 9. The summed E-state index contributed by atoms with van der Waals surface area (Å²) in [5.41, 5.74) is 2.46. The molecule has 0 spiro atoms. The molecular weight excluding hydrogens is 382 g/mol. The molecule has 0 unspecified atom stereocenters. The van der Waals surface area contributed by atoms with Gasteiger partial charge in [0.25, 0.3) is 11.8 Å². The highest BCUT2D eigenvalue weighted by atomic mass is 16.5. The lowest BCUT2D eigenvalue weighted by Gasteiger charge is -2.22. The van der Waals surface area contributed by atoms with E-state index in [4.69, 9.17) is 9.47 Å². The van der Waals surface area contributed by atoms with Crippen LogP contribution in [0.3, 0.4) is 0 Å². The largest absolute Gasteiger partial charge is 0.496 e. The van der Waals surface area contributed by atoms with Gasteiger partial charge in [-0.2, -0.15) is 0 Å². The zero-order chi connectivity index (χ0) is 21.3.